The zero-order valence-electron chi connectivity index (χ0n) is 11.8. The van der Waals surface area contributed by atoms with Crippen molar-refractivity contribution in [3.05, 3.63) is 23.8 Å². The van der Waals surface area contributed by atoms with Crippen LogP contribution in [0.15, 0.2) is 18.2 Å². The molecule has 0 amide bonds. The minimum atomic E-state index is 0.831. The van der Waals surface area contributed by atoms with Crippen molar-refractivity contribution in [2.45, 2.75) is 19.4 Å². The van der Waals surface area contributed by atoms with Gasteiger partial charge < -0.3 is 14.8 Å². The maximum absolute atomic E-state index is 5.39. The maximum Gasteiger partial charge on any atom is 0.123 e. The molecule has 1 fully saturated rings. The van der Waals surface area contributed by atoms with Crippen LogP contribution in [0.1, 0.15) is 18.4 Å². The first-order chi connectivity index (χ1) is 9.33. The van der Waals surface area contributed by atoms with Crippen LogP contribution in [0.25, 0.3) is 0 Å². The third-order valence-electron chi connectivity index (χ3n) is 3.58. The van der Waals surface area contributed by atoms with Crippen molar-refractivity contribution in [2.75, 3.05) is 32.3 Å². The van der Waals surface area contributed by atoms with E-state index in [0.29, 0.717) is 0 Å². The van der Waals surface area contributed by atoms with Gasteiger partial charge in [0.15, 0.2) is 0 Å². The molecule has 19 heavy (non-hydrogen) atoms. The summed E-state index contributed by atoms with van der Waals surface area (Å²) in [4.78, 5) is 0. The van der Waals surface area contributed by atoms with Crippen molar-refractivity contribution in [1.29, 1.82) is 0 Å². The van der Waals surface area contributed by atoms with Crippen molar-refractivity contribution in [3.63, 3.8) is 0 Å². The highest BCUT2D eigenvalue weighted by molar-refractivity contribution is 7.99. The van der Waals surface area contributed by atoms with Crippen LogP contribution in [0.4, 0.5) is 0 Å². The van der Waals surface area contributed by atoms with Crippen LogP contribution in [0.3, 0.4) is 0 Å². The van der Waals surface area contributed by atoms with Gasteiger partial charge in [0.1, 0.15) is 11.5 Å². The molecular weight excluding hydrogens is 258 g/mol. The van der Waals surface area contributed by atoms with Crippen molar-refractivity contribution in [3.8, 4) is 11.5 Å². The quantitative estimate of drug-likeness (QED) is 0.868. The van der Waals surface area contributed by atoms with Crippen LogP contribution in [0, 0.1) is 5.92 Å². The number of hydrogen-bond acceptors (Lipinski definition) is 4. The van der Waals surface area contributed by atoms with Gasteiger partial charge in [0, 0.05) is 12.1 Å². The molecule has 0 atom stereocenters. The van der Waals surface area contributed by atoms with Gasteiger partial charge in [0.2, 0.25) is 0 Å². The molecule has 0 radical (unpaired) electrons. The van der Waals surface area contributed by atoms with Gasteiger partial charge in [-0.2, -0.15) is 11.8 Å². The second kappa shape index (κ2) is 7.65. The average Bonchev–Trinajstić information content (AvgIpc) is 2.48. The summed E-state index contributed by atoms with van der Waals surface area (Å²) in [5, 5.41) is 3.55. The number of rotatable bonds is 6. The van der Waals surface area contributed by atoms with Crippen LogP contribution in [0.5, 0.6) is 11.5 Å². The predicted molar refractivity (Wildman–Crippen MR) is 81.3 cm³/mol. The molecule has 106 valence electrons. The lowest BCUT2D eigenvalue weighted by Crippen LogP contribution is -2.25. The highest BCUT2D eigenvalue weighted by Gasteiger charge is 2.13. The summed E-state index contributed by atoms with van der Waals surface area (Å²) in [6.45, 7) is 1.94. The first-order valence-corrected chi connectivity index (χ1v) is 7.98. The summed E-state index contributed by atoms with van der Waals surface area (Å²) in [6, 6.07) is 5.94. The molecule has 0 spiro atoms. The summed E-state index contributed by atoms with van der Waals surface area (Å²) in [5.41, 5.74) is 1.16. The normalized spacial score (nSPS) is 16.3. The highest BCUT2D eigenvalue weighted by atomic mass is 32.2. The number of hydrogen-bond donors (Lipinski definition) is 1. The van der Waals surface area contributed by atoms with Crippen LogP contribution in [-0.4, -0.2) is 32.3 Å². The van der Waals surface area contributed by atoms with Crippen molar-refractivity contribution >= 4 is 11.8 Å². The number of nitrogens with one attached hydrogen (secondary N) is 1. The SMILES string of the molecule is COc1ccc(OC)c(CNCC2CCSCC2)c1. The van der Waals surface area contributed by atoms with Gasteiger partial charge in [-0.3, -0.25) is 0 Å². The zero-order chi connectivity index (χ0) is 13.5. The molecule has 0 unspecified atom stereocenters. The van der Waals surface area contributed by atoms with Gasteiger partial charge in [0.25, 0.3) is 0 Å². The van der Waals surface area contributed by atoms with E-state index in [9.17, 15) is 0 Å². The summed E-state index contributed by atoms with van der Waals surface area (Å²) in [6.07, 6.45) is 2.68. The Morgan fingerprint density at radius 3 is 2.68 bits per heavy atom. The van der Waals surface area contributed by atoms with Gasteiger partial charge >= 0.3 is 0 Å². The van der Waals surface area contributed by atoms with Crippen LogP contribution < -0.4 is 14.8 Å². The smallest absolute Gasteiger partial charge is 0.123 e. The Morgan fingerprint density at radius 2 is 2.00 bits per heavy atom. The second-order valence-electron chi connectivity index (χ2n) is 4.86. The van der Waals surface area contributed by atoms with Gasteiger partial charge in [0.05, 0.1) is 14.2 Å². The Kier molecular flexibility index (Phi) is 5.86. The van der Waals surface area contributed by atoms with Gasteiger partial charge in [-0.1, -0.05) is 0 Å². The van der Waals surface area contributed by atoms with E-state index in [1.165, 1.54) is 24.3 Å². The fourth-order valence-corrected chi connectivity index (χ4v) is 3.59. The second-order valence-corrected chi connectivity index (χ2v) is 6.09. The van der Waals surface area contributed by atoms with Crippen LogP contribution in [0.2, 0.25) is 0 Å². The Labute approximate surface area is 120 Å². The maximum atomic E-state index is 5.39. The molecule has 1 aliphatic heterocycles. The Morgan fingerprint density at radius 1 is 1.21 bits per heavy atom. The molecule has 0 aromatic heterocycles. The molecule has 0 saturated carbocycles. The van der Waals surface area contributed by atoms with E-state index in [-0.39, 0.29) is 0 Å². The van der Waals surface area contributed by atoms with E-state index in [0.717, 1.165) is 36.1 Å². The Bertz CT molecular complexity index is 392. The minimum absolute atomic E-state index is 0.831. The molecule has 0 bridgehead atoms. The Hall–Kier alpha value is -0.870. The van der Waals surface area contributed by atoms with E-state index in [2.05, 4.69) is 17.1 Å². The topological polar surface area (TPSA) is 30.5 Å². The molecule has 1 heterocycles. The number of benzene rings is 1. The summed E-state index contributed by atoms with van der Waals surface area (Å²) in [7, 11) is 3.41. The standard InChI is InChI=1S/C15H23NO2S/c1-17-14-3-4-15(18-2)13(9-14)11-16-10-12-5-7-19-8-6-12/h3-4,9,12,16H,5-8,10-11H2,1-2H3. The number of ether oxygens (including phenoxy) is 2. The molecular formula is C15H23NO2S. The van der Waals surface area contributed by atoms with E-state index >= 15 is 0 Å². The summed E-state index contributed by atoms with van der Waals surface area (Å²) in [5.74, 6) is 5.26. The molecule has 3 nitrogen and oxygen atoms in total. The largest absolute Gasteiger partial charge is 0.497 e. The van der Waals surface area contributed by atoms with E-state index in [1.807, 2.05) is 18.2 Å². The third-order valence-corrected chi connectivity index (χ3v) is 4.63. The predicted octanol–water partition coefficient (Wildman–Crippen LogP) is 2.94. The molecule has 0 aliphatic carbocycles. The van der Waals surface area contributed by atoms with Gasteiger partial charge in [-0.25, -0.2) is 0 Å². The van der Waals surface area contributed by atoms with Crippen LogP contribution >= 0.6 is 11.8 Å². The van der Waals surface area contributed by atoms with Crippen molar-refractivity contribution in [2.24, 2.45) is 5.92 Å². The summed E-state index contributed by atoms with van der Waals surface area (Å²) >= 11 is 2.08. The fraction of sp³-hybridized carbons (Fsp3) is 0.600. The minimum Gasteiger partial charge on any atom is -0.497 e. The molecule has 1 saturated heterocycles. The monoisotopic (exact) mass is 281 g/mol. The average molecular weight is 281 g/mol. The molecule has 2 rings (SSSR count). The lowest BCUT2D eigenvalue weighted by atomic mass is 10.0. The summed E-state index contributed by atoms with van der Waals surface area (Å²) < 4.78 is 10.7. The van der Waals surface area contributed by atoms with Crippen molar-refractivity contribution < 1.29 is 9.47 Å². The highest BCUT2D eigenvalue weighted by Crippen LogP contribution is 2.25. The fourth-order valence-electron chi connectivity index (χ4n) is 2.38. The first-order valence-electron chi connectivity index (χ1n) is 6.83. The Balaban J connectivity index is 1.86. The molecule has 4 heteroatoms. The molecule has 1 aromatic rings. The molecule has 1 aliphatic rings. The van der Waals surface area contributed by atoms with E-state index in [1.54, 1.807) is 14.2 Å². The number of methoxy groups -OCH3 is 2. The zero-order valence-corrected chi connectivity index (χ0v) is 12.6. The van der Waals surface area contributed by atoms with Gasteiger partial charge in [-0.15, -0.1) is 0 Å². The first kappa shape index (κ1) is 14.5. The van der Waals surface area contributed by atoms with Crippen molar-refractivity contribution in [1.82, 2.24) is 5.32 Å². The van der Waals surface area contributed by atoms with Gasteiger partial charge in [-0.05, 0) is 55.0 Å². The molecule has 1 aromatic carbocycles. The number of thioether (sulfide) groups is 1. The lowest BCUT2D eigenvalue weighted by molar-refractivity contribution is 0.393. The van der Waals surface area contributed by atoms with E-state index in [4.69, 9.17) is 9.47 Å². The van der Waals surface area contributed by atoms with Crippen LogP contribution in [-0.2, 0) is 6.54 Å². The van der Waals surface area contributed by atoms with E-state index < -0.39 is 0 Å². The molecule has 1 N–H and O–H groups in total. The third kappa shape index (κ3) is 4.32. The lowest BCUT2D eigenvalue weighted by Gasteiger charge is -2.22.